The molecule has 1 aromatic rings. The van der Waals surface area contributed by atoms with Crippen LogP contribution in [0.15, 0.2) is 24.3 Å². The van der Waals surface area contributed by atoms with Crippen molar-refractivity contribution < 1.29 is 45.0 Å². The number of hydrogen-bond donors (Lipinski definition) is 6. The van der Waals surface area contributed by atoms with Crippen molar-refractivity contribution in [2.75, 3.05) is 0 Å². The molecule has 0 heterocycles. The van der Waals surface area contributed by atoms with Crippen molar-refractivity contribution in [2.24, 2.45) is 0 Å². The van der Waals surface area contributed by atoms with Crippen LogP contribution in [0.3, 0.4) is 0 Å². The molecule has 1 aromatic carbocycles. The van der Waals surface area contributed by atoms with Gasteiger partial charge < -0.3 is 30.6 Å². The van der Waals surface area contributed by atoms with Crippen LogP contribution < -0.4 is 0 Å². The number of aliphatic hydroxyl groups excluding tert-OH is 1. The lowest BCUT2D eigenvalue weighted by Crippen LogP contribution is -2.42. The zero-order chi connectivity index (χ0) is 17.3. The molecular weight excluding hydrogens is 300 g/mol. The number of phenolic OH excluding ortho intramolecular Hbond substituents is 1. The Labute approximate surface area is 124 Å². The highest BCUT2D eigenvalue weighted by molar-refractivity contribution is 5.88. The number of aliphatic carboxylic acids is 3. The Bertz CT molecular complexity index is 505. The topological polar surface area (TPSA) is 173 Å². The van der Waals surface area contributed by atoms with E-state index in [0.29, 0.717) is 0 Å². The maximum absolute atomic E-state index is 10.3. The van der Waals surface area contributed by atoms with Gasteiger partial charge in [-0.25, -0.2) is 4.79 Å². The molecule has 6 N–H and O–H groups in total. The lowest BCUT2D eigenvalue weighted by Gasteiger charge is -2.18. The molecular formula is C13H16O9. The zero-order valence-corrected chi connectivity index (χ0v) is 11.3. The molecule has 0 saturated carbocycles. The molecule has 0 bridgehead atoms. The number of aliphatic hydroxyl groups is 2. The van der Waals surface area contributed by atoms with Crippen LogP contribution in [0.2, 0.25) is 0 Å². The minimum Gasteiger partial charge on any atom is -0.508 e. The molecule has 1 rings (SSSR count). The lowest BCUT2D eigenvalue weighted by molar-refractivity contribution is -0.170. The van der Waals surface area contributed by atoms with E-state index in [1.165, 1.54) is 0 Å². The summed E-state index contributed by atoms with van der Waals surface area (Å²) in [6.07, 6.45) is -2.29. The summed E-state index contributed by atoms with van der Waals surface area (Å²) in [7, 11) is 0. The van der Waals surface area contributed by atoms with Crippen LogP contribution in [0.5, 0.6) is 5.75 Å². The van der Waals surface area contributed by atoms with Gasteiger partial charge in [0.25, 0.3) is 0 Å². The third kappa shape index (κ3) is 7.22. The van der Waals surface area contributed by atoms with Crippen LogP contribution in [-0.4, -0.2) is 54.1 Å². The van der Waals surface area contributed by atoms with Crippen molar-refractivity contribution in [1.29, 1.82) is 0 Å². The summed E-state index contributed by atoms with van der Waals surface area (Å²) in [4.78, 5) is 30.5. The van der Waals surface area contributed by atoms with E-state index in [9.17, 15) is 14.4 Å². The fraction of sp³-hybridized carbons (Fsp3) is 0.308. The minimum atomic E-state index is -2.74. The molecule has 122 valence electrons. The normalized spacial score (nSPS) is 10.3. The Kier molecular flexibility index (Phi) is 7.56. The van der Waals surface area contributed by atoms with E-state index in [1.807, 2.05) is 0 Å². The van der Waals surface area contributed by atoms with Crippen molar-refractivity contribution in [1.82, 2.24) is 0 Å². The van der Waals surface area contributed by atoms with Gasteiger partial charge in [0.1, 0.15) is 5.75 Å². The Morgan fingerprint density at radius 1 is 0.909 bits per heavy atom. The molecule has 0 aliphatic carbocycles. The number of carbonyl (C=O) groups is 3. The van der Waals surface area contributed by atoms with Gasteiger partial charge in [-0.1, -0.05) is 12.1 Å². The second kappa shape index (κ2) is 8.60. The molecule has 0 aromatic heterocycles. The second-order valence-electron chi connectivity index (χ2n) is 4.30. The smallest absolute Gasteiger partial charge is 0.336 e. The van der Waals surface area contributed by atoms with E-state index in [0.717, 1.165) is 5.56 Å². The highest BCUT2D eigenvalue weighted by Gasteiger charge is 2.40. The largest absolute Gasteiger partial charge is 0.508 e. The number of rotatable bonds is 6. The van der Waals surface area contributed by atoms with Crippen LogP contribution in [-0.2, 0) is 21.0 Å². The Hall–Kier alpha value is -2.65. The first-order valence-corrected chi connectivity index (χ1v) is 5.89. The van der Waals surface area contributed by atoms with Gasteiger partial charge in [-0.05, 0) is 17.7 Å². The predicted molar refractivity (Wildman–Crippen MR) is 71.1 cm³/mol. The second-order valence-corrected chi connectivity index (χ2v) is 4.30. The summed E-state index contributed by atoms with van der Waals surface area (Å²) < 4.78 is 0. The Morgan fingerprint density at radius 2 is 1.32 bits per heavy atom. The highest BCUT2D eigenvalue weighted by Crippen LogP contribution is 2.15. The van der Waals surface area contributed by atoms with Gasteiger partial charge in [-0.3, -0.25) is 9.59 Å². The lowest BCUT2D eigenvalue weighted by atomic mass is 9.96. The number of carboxylic acid groups (broad SMARTS) is 3. The number of phenols is 1. The monoisotopic (exact) mass is 316 g/mol. The highest BCUT2D eigenvalue weighted by atomic mass is 16.4. The molecule has 0 aliphatic rings. The first-order valence-electron chi connectivity index (χ1n) is 5.89. The van der Waals surface area contributed by atoms with Gasteiger partial charge in [0.05, 0.1) is 19.4 Å². The van der Waals surface area contributed by atoms with Crippen LogP contribution in [0.4, 0.5) is 0 Å². The average Bonchev–Trinajstić information content (AvgIpc) is 2.38. The van der Waals surface area contributed by atoms with Gasteiger partial charge in [0, 0.05) is 0 Å². The van der Waals surface area contributed by atoms with Crippen molar-refractivity contribution >= 4 is 17.9 Å². The number of carboxylic acids is 3. The van der Waals surface area contributed by atoms with Crippen LogP contribution in [0.1, 0.15) is 18.4 Å². The van der Waals surface area contributed by atoms with Crippen LogP contribution >= 0.6 is 0 Å². The summed E-state index contributed by atoms with van der Waals surface area (Å²) in [6.45, 7) is 0.0281. The fourth-order valence-electron chi connectivity index (χ4n) is 1.32. The first kappa shape index (κ1) is 19.4. The Balaban J connectivity index is 0.000000425. The van der Waals surface area contributed by atoms with Crippen molar-refractivity contribution in [2.45, 2.75) is 25.0 Å². The van der Waals surface area contributed by atoms with Gasteiger partial charge in [0.15, 0.2) is 5.60 Å². The molecule has 0 fully saturated rings. The maximum atomic E-state index is 10.3. The molecule has 0 aliphatic heterocycles. The molecule has 0 spiro atoms. The zero-order valence-electron chi connectivity index (χ0n) is 11.3. The summed E-state index contributed by atoms with van der Waals surface area (Å²) in [5, 5.41) is 51.1. The minimum absolute atomic E-state index is 0.0281. The van der Waals surface area contributed by atoms with E-state index >= 15 is 0 Å². The molecule has 0 radical (unpaired) electrons. The average molecular weight is 316 g/mol. The van der Waals surface area contributed by atoms with E-state index in [4.69, 9.17) is 30.6 Å². The van der Waals surface area contributed by atoms with E-state index < -0.39 is 36.4 Å². The number of benzene rings is 1. The standard InChI is InChI=1S/C7H8O2.C6H8O7/c8-5-6-1-3-7(9)4-2-6;7-3(8)1-6(13,5(11)12)2-4(9)10/h1-4,8-9H,5H2;13H,1-2H2,(H,7,8)(H,9,10)(H,11,12). The molecule has 9 heteroatoms. The number of hydrogen-bond acceptors (Lipinski definition) is 6. The maximum Gasteiger partial charge on any atom is 0.336 e. The van der Waals surface area contributed by atoms with E-state index in [-0.39, 0.29) is 12.4 Å². The van der Waals surface area contributed by atoms with E-state index in [1.54, 1.807) is 24.3 Å². The Morgan fingerprint density at radius 3 is 1.59 bits per heavy atom. The summed E-state index contributed by atoms with van der Waals surface area (Å²) in [5.41, 5.74) is -1.93. The predicted octanol–water partition coefficient (Wildman–Crippen LogP) is -0.364. The molecule has 0 saturated heterocycles. The van der Waals surface area contributed by atoms with Crippen molar-refractivity contribution in [3.8, 4) is 5.75 Å². The molecule has 22 heavy (non-hydrogen) atoms. The van der Waals surface area contributed by atoms with Gasteiger partial charge >= 0.3 is 17.9 Å². The third-order valence-electron chi connectivity index (χ3n) is 2.40. The quantitative estimate of drug-likeness (QED) is 0.409. The molecule has 0 unspecified atom stereocenters. The SMILES string of the molecule is O=C(O)CC(O)(CC(=O)O)C(=O)O.OCc1ccc(O)cc1. The molecule has 0 amide bonds. The third-order valence-corrected chi connectivity index (χ3v) is 2.40. The summed E-state index contributed by atoms with van der Waals surface area (Å²) >= 11 is 0. The van der Waals surface area contributed by atoms with Gasteiger partial charge in [-0.2, -0.15) is 0 Å². The summed E-state index contributed by atoms with van der Waals surface area (Å²) in [5.74, 6) is -4.79. The molecule has 0 atom stereocenters. The van der Waals surface area contributed by atoms with Crippen molar-refractivity contribution in [3.63, 3.8) is 0 Å². The van der Waals surface area contributed by atoms with Crippen molar-refractivity contribution in [3.05, 3.63) is 29.8 Å². The summed E-state index contributed by atoms with van der Waals surface area (Å²) in [6, 6.07) is 6.45. The van der Waals surface area contributed by atoms with E-state index in [2.05, 4.69) is 0 Å². The number of aromatic hydroxyl groups is 1. The van der Waals surface area contributed by atoms with Gasteiger partial charge in [0.2, 0.25) is 0 Å². The first-order chi connectivity index (χ1) is 10.1. The van der Waals surface area contributed by atoms with Gasteiger partial charge in [-0.15, -0.1) is 0 Å². The molecule has 9 nitrogen and oxygen atoms in total. The van der Waals surface area contributed by atoms with Crippen LogP contribution in [0, 0.1) is 0 Å². The fourth-order valence-corrected chi connectivity index (χ4v) is 1.32. The van der Waals surface area contributed by atoms with Crippen LogP contribution in [0.25, 0.3) is 0 Å².